The van der Waals surface area contributed by atoms with Crippen LogP contribution in [0.4, 0.5) is 11.4 Å². The van der Waals surface area contributed by atoms with Crippen molar-refractivity contribution in [1.82, 2.24) is 0 Å². The summed E-state index contributed by atoms with van der Waals surface area (Å²) in [5.41, 5.74) is 2.84. The van der Waals surface area contributed by atoms with Crippen LogP contribution in [0.25, 0.3) is 0 Å². The van der Waals surface area contributed by atoms with Crippen molar-refractivity contribution in [3.8, 4) is 5.75 Å². The van der Waals surface area contributed by atoms with Crippen LogP contribution in [0.15, 0.2) is 66.4 Å². The fourth-order valence-electron chi connectivity index (χ4n) is 4.48. The summed E-state index contributed by atoms with van der Waals surface area (Å²) in [5.74, 6) is 0.0502. The first kappa shape index (κ1) is 21.5. The molecule has 4 rings (SSSR count). The standard InChI is InChI=1S/C25H24N2O5/c1-3-13-32-18-10-8-17(9-11-18)19-15-24(29)26(21-5-4-6-23(28)25(19)21)20-12-7-16(2)14-22(20)27(30)31/h3,7-12,14,19H,1,4-6,13,15H2,2H3. The van der Waals surface area contributed by atoms with Gasteiger partial charge in [0.2, 0.25) is 5.91 Å². The van der Waals surface area contributed by atoms with Crippen molar-refractivity contribution < 1.29 is 19.2 Å². The lowest BCUT2D eigenvalue weighted by Crippen LogP contribution is -2.40. The Hall–Kier alpha value is -3.74. The molecule has 0 saturated heterocycles. The number of hydrogen-bond donors (Lipinski definition) is 0. The van der Waals surface area contributed by atoms with Crippen LogP contribution in [0.3, 0.4) is 0 Å². The Balaban J connectivity index is 1.80. The van der Waals surface area contributed by atoms with E-state index in [1.165, 1.54) is 11.0 Å². The highest BCUT2D eigenvalue weighted by molar-refractivity contribution is 6.08. The summed E-state index contributed by atoms with van der Waals surface area (Å²) < 4.78 is 5.53. The van der Waals surface area contributed by atoms with Gasteiger partial charge in [-0.15, -0.1) is 0 Å². The maximum absolute atomic E-state index is 13.3. The summed E-state index contributed by atoms with van der Waals surface area (Å²) >= 11 is 0. The van der Waals surface area contributed by atoms with Crippen molar-refractivity contribution in [2.75, 3.05) is 11.5 Å². The third-order valence-electron chi connectivity index (χ3n) is 5.89. The molecule has 32 heavy (non-hydrogen) atoms. The Morgan fingerprint density at radius 3 is 2.62 bits per heavy atom. The van der Waals surface area contributed by atoms with Gasteiger partial charge >= 0.3 is 0 Å². The number of carbonyl (C=O) groups excluding carboxylic acids is 2. The van der Waals surface area contributed by atoms with Gasteiger partial charge < -0.3 is 4.74 Å². The van der Waals surface area contributed by atoms with Crippen molar-refractivity contribution in [3.05, 3.63) is 87.6 Å². The second kappa shape index (κ2) is 8.78. The van der Waals surface area contributed by atoms with Crippen LogP contribution in [0, 0.1) is 17.0 Å². The number of ketones is 1. The molecule has 0 aromatic heterocycles. The first-order valence-electron chi connectivity index (χ1n) is 10.6. The number of anilines is 1. The molecule has 0 radical (unpaired) electrons. The predicted molar refractivity (Wildman–Crippen MR) is 121 cm³/mol. The number of nitro groups is 1. The molecule has 2 aromatic rings. The second-order valence-electron chi connectivity index (χ2n) is 8.04. The zero-order valence-electron chi connectivity index (χ0n) is 17.9. The maximum atomic E-state index is 13.3. The van der Waals surface area contributed by atoms with Crippen LogP contribution in [0.5, 0.6) is 5.75 Å². The molecular formula is C25H24N2O5. The molecule has 0 N–H and O–H groups in total. The summed E-state index contributed by atoms with van der Waals surface area (Å²) in [6, 6.07) is 12.2. The van der Waals surface area contributed by atoms with E-state index in [9.17, 15) is 19.7 Å². The van der Waals surface area contributed by atoms with Gasteiger partial charge in [-0.05, 0) is 49.1 Å². The second-order valence-corrected chi connectivity index (χ2v) is 8.04. The van der Waals surface area contributed by atoms with Crippen LogP contribution in [-0.2, 0) is 9.59 Å². The largest absolute Gasteiger partial charge is 0.490 e. The number of hydrogen-bond acceptors (Lipinski definition) is 5. The van der Waals surface area contributed by atoms with E-state index in [4.69, 9.17) is 4.74 Å². The number of amides is 1. The Morgan fingerprint density at radius 1 is 1.19 bits per heavy atom. The maximum Gasteiger partial charge on any atom is 0.293 e. The highest BCUT2D eigenvalue weighted by Crippen LogP contribution is 2.45. The molecule has 0 fully saturated rings. The fourth-order valence-corrected chi connectivity index (χ4v) is 4.48. The van der Waals surface area contributed by atoms with E-state index in [-0.39, 0.29) is 35.4 Å². The normalized spacial score (nSPS) is 18.4. The molecule has 2 aromatic carbocycles. The minimum Gasteiger partial charge on any atom is -0.490 e. The first-order valence-corrected chi connectivity index (χ1v) is 10.6. The third kappa shape index (κ3) is 3.93. The Bertz CT molecular complexity index is 1130. The lowest BCUT2D eigenvalue weighted by molar-refractivity contribution is -0.384. The average Bonchev–Trinajstić information content (AvgIpc) is 2.78. The molecule has 1 heterocycles. The highest BCUT2D eigenvalue weighted by atomic mass is 16.6. The predicted octanol–water partition coefficient (Wildman–Crippen LogP) is 5.00. The zero-order chi connectivity index (χ0) is 22.8. The Kier molecular flexibility index (Phi) is 5.90. The average molecular weight is 432 g/mol. The number of ether oxygens (including phenoxy) is 1. The lowest BCUT2D eigenvalue weighted by atomic mass is 9.77. The van der Waals surface area contributed by atoms with Gasteiger partial charge in [-0.3, -0.25) is 24.6 Å². The molecule has 1 aliphatic carbocycles. The molecule has 0 spiro atoms. The van der Waals surface area contributed by atoms with Crippen molar-refractivity contribution in [1.29, 1.82) is 0 Å². The minimum absolute atomic E-state index is 0.00417. The molecule has 7 nitrogen and oxygen atoms in total. The number of aryl methyl sites for hydroxylation is 1. The van der Waals surface area contributed by atoms with Gasteiger partial charge in [0.25, 0.3) is 5.69 Å². The van der Waals surface area contributed by atoms with Crippen molar-refractivity contribution in [3.63, 3.8) is 0 Å². The minimum atomic E-state index is -0.478. The van der Waals surface area contributed by atoms with Crippen LogP contribution in [-0.4, -0.2) is 23.2 Å². The summed E-state index contributed by atoms with van der Waals surface area (Å²) in [6.45, 7) is 5.78. The molecule has 2 aliphatic rings. The SMILES string of the molecule is C=CCOc1ccc(C2CC(=O)N(c3ccc(C)cc3[N+](=O)[O-])C3=C2C(=O)CCC3)cc1. The molecule has 1 amide bonds. The number of nitro benzene ring substituents is 1. The van der Waals surface area contributed by atoms with E-state index in [2.05, 4.69) is 6.58 Å². The number of nitrogens with zero attached hydrogens (tertiary/aromatic N) is 2. The Labute approximate surface area is 186 Å². The van der Waals surface area contributed by atoms with Gasteiger partial charge in [0.1, 0.15) is 18.0 Å². The summed E-state index contributed by atoms with van der Waals surface area (Å²) in [5, 5.41) is 11.7. The molecule has 1 unspecified atom stereocenters. The molecule has 1 atom stereocenters. The van der Waals surface area contributed by atoms with Gasteiger partial charge in [-0.2, -0.15) is 0 Å². The highest BCUT2D eigenvalue weighted by Gasteiger charge is 2.41. The number of Topliss-reactive ketones (excluding diaryl/α,β-unsaturated/α-hetero) is 1. The molecule has 1 aliphatic heterocycles. The number of allylic oxidation sites excluding steroid dienone is 2. The van der Waals surface area contributed by atoms with E-state index in [1.807, 2.05) is 24.3 Å². The van der Waals surface area contributed by atoms with Crippen molar-refractivity contribution in [2.45, 2.75) is 38.5 Å². The van der Waals surface area contributed by atoms with Crippen molar-refractivity contribution >= 4 is 23.1 Å². The van der Waals surface area contributed by atoms with E-state index in [0.29, 0.717) is 42.9 Å². The topological polar surface area (TPSA) is 89.8 Å². The first-order chi connectivity index (χ1) is 15.4. The van der Waals surface area contributed by atoms with Crippen LogP contribution in [0.1, 0.15) is 42.7 Å². The van der Waals surface area contributed by atoms with Gasteiger partial charge in [-0.1, -0.05) is 30.9 Å². The van der Waals surface area contributed by atoms with E-state index in [0.717, 1.165) is 11.1 Å². The molecular weight excluding hydrogens is 408 g/mol. The zero-order valence-corrected chi connectivity index (χ0v) is 17.9. The third-order valence-corrected chi connectivity index (χ3v) is 5.89. The van der Waals surface area contributed by atoms with E-state index in [1.54, 1.807) is 25.1 Å². The number of carbonyl (C=O) groups is 2. The van der Waals surface area contributed by atoms with Crippen LogP contribution < -0.4 is 9.64 Å². The van der Waals surface area contributed by atoms with Gasteiger partial charge in [0.05, 0.1) is 4.92 Å². The molecule has 0 bridgehead atoms. The number of benzene rings is 2. The van der Waals surface area contributed by atoms with E-state index < -0.39 is 4.92 Å². The summed E-state index contributed by atoms with van der Waals surface area (Å²) in [7, 11) is 0. The molecule has 164 valence electrons. The Morgan fingerprint density at radius 2 is 1.94 bits per heavy atom. The number of rotatable bonds is 6. The van der Waals surface area contributed by atoms with E-state index >= 15 is 0 Å². The fraction of sp³-hybridized carbons (Fsp3) is 0.280. The molecule has 7 heteroatoms. The summed E-state index contributed by atoms with van der Waals surface area (Å²) in [4.78, 5) is 39.0. The van der Waals surface area contributed by atoms with Gasteiger partial charge in [0.15, 0.2) is 5.78 Å². The summed E-state index contributed by atoms with van der Waals surface area (Å²) in [6.07, 6.45) is 3.28. The molecule has 0 saturated carbocycles. The van der Waals surface area contributed by atoms with Crippen molar-refractivity contribution in [2.24, 2.45) is 0 Å². The van der Waals surface area contributed by atoms with Gasteiger partial charge in [-0.25, -0.2) is 0 Å². The quantitative estimate of drug-likeness (QED) is 0.364. The monoisotopic (exact) mass is 432 g/mol. The van der Waals surface area contributed by atoms with Gasteiger partial charge in [0, 0.05) is 36.1 Å². The lowest BCUT2D eigenvalue weighted by Gasteiger charge is -2.38. The smallest absolute Gasteiger partial charge is 0.293 e. The van der Waals surface area contributed by atoms with Crippen LogP contribution in [0.2, 0.25) is 0 Å². The van der Waals surface area contributed by atoms with Crippen LogP contribution >= 0.6 is 0 Å².